The largest absolute Gasteiger partial charge is 0.490 e. The van der Waals surface area contributed by atoms with E-state index in [9.17, 15) is 9.59 Å². The number of anilines is 1. The molecule has 1 aliphatic heterocycles. The summed E-state index contributed by atoms with van der Waals surface area (Å²) in [4.78, 5) is 26.4. The standard InChI is InChI=1S/C20H20ClNO4S/c1-3-25-16-10-9-13(11-17(16)26-4-2)12-18-19(23)22(20(24)27-18)15-8-6-5-7-14(15)21/h5-11,18H,3-4,12H2,1-2H3/t18-/m1/s1. The Morgan fingerprint density at radius 2 is 1.74 bits per heavy atom. The van der Waals surface area contributed by atoms with Crippen LogP contribution in [0.3, 0.4) is 0 Å². The number of carbonyl (C=O) groups is 2. The molecule has 1 atom stereocenters. The molecule has 0 bridgehead atoms. The van der Waals surface area contributed by atoms with E-state index >= 15 is 0 Å². The summed E-state index contributed by atoms with van der Waals surface area (Å²) in [5.74, 6) is 1.05. The zero-order valence-electron chi connectivity index (χ0n) is 15.1. The molecule has 2 aromatic rings. The molecule has 3 rings (SSSR count). The maximum atomic E-state index is 12.8. The zero-order valence-corrected chi connectivity index (χ0v) is 16.7. The Morgan fingerprint density at radius 1 is 1.04 bits per heavy atom. The molecule has 1 saturated heterocycles. The highest BCUT2D eigenvalue weighted by atomic mass is 35.5. The number of hydrogen-bond acceptors (Lipinski definition) is 5. The number of carbonyl (C=O) groups excluding carboxylic acids is 2. The van der Waals surface area contributed by atoms with E-state index in [1.807, 2.05) is 32.0 Å². The second-order valence-corrected chi connectivity index (χ2v) is 7.41. The van der Waals surface area contributed by atoms with Crippen LogP contribution in [-0.4, -0.2) is 29.6 Å². The number of rotatable bonds is 7. The zero-order chi connectivity index (χ0) is 19.4. The quantitative estimate of drug-likeness (QED) is 0.652. The van der Waals surface area contributed by atoms with Crippen molar-refractivity contribution in [1.82, 2.24) is 0 Å². The molecule has 2 amide bonds. The molecule has 0 spiro atoms. The van der Waals surface area contributed by atoms with Gasteiger partial charge in [-0.05, 0) is 50.1 Å². The average molecular weight is 406 g/mol. The molecule has 7 heteroatoms. The van der Waals surface area contributed by atoms with Gasteiger partial charge in [-0.25, -0.2) is 4.90 Å². The van der Waals surface area contributed by atoms with E-state index < -0.39 is 5.25 Å². The smallest absolute Gasteiger partial charge is 0.293 e. The van der Waals surface area contributed by atoms with Gasteiger partial charge in [-0.3, -0.25) is 9.59 Å². The fourth-order valence-electron chi connectivity index (χ4n) is 2.87. The van der Waals surface area contributed by atoms with Gasteiger partial charge in [-0.1, -0.05) is 41.6 Å². The van der Waals surface area contributed by atoms with Crippen molar-refractivity contribution in [3.63, 3.8) is 0 Å². The van der Waals surface area contributed by atoms with Gasteiger partial charge in [0.05, 0.1) is 29.2 Å². The molecule has 0 N–H and O–H groups in total. The summed E-state index contributed by atoms with van der Waals surface area (Å²) in [6, 6.07) is 12.4. The van der Waals surface area contributed by atoms with Crippen molar-refractivity contribution < 1.29 is 19.1 Å². The molecular weight excluding hydrogens is 386 g/mol. The molecule has 1 fully saturated rings. The Bertz CT molecular complexity index is 858. The molecule has 2 aromatic carbocycles. The molecular formula is C20H20ClNO4S. The lowest BCUT2D eigenvalue weighted by Crippen LogP contribution is -2.32. The molecule has 0 saturated carbocycles. The van der Waals surface area contributed by atoms with Gasteiger partial charge in [-0.15, -0.1) is 0 Å². The SMILES string of the molecule is CCOc1ccc(C[C@H]2SC(=O)N(c3ccccc3Cl)C2=O)cc1OCC. The third kappa shape index (κ3) is 4.22. The number of imide groups is 1. The Kier molecular flexibility index (Phi) is 6.29. The summed E-state index contributed by atoms with van der Waals surface area (Å²) in [5, 5.41) is -0.435. The van der Waals surface area contributed by atoms with Crippen molar-refractivity contribution >= 4 is 40.2 Å². The van der Waals surface area contributed by atoms with E-state index in [0.29, 0.717) is 41.8 Å². The molecule has 142 valence electrons. The Labute approximate surface area is 167 Å². The number of benzene rings is 2. The van der Waals surface area contributed by atoms with Gasteiger partial charge in [0, 0.05) is 0 Å². The van der Waals surface area contributed by atoms with Crippen LogP contribution >= 0.6 is 23.4 Å². The third-order valence-electron chi connectivity index (χ3n) is 4.04. The van der Waals surface area contributed by atoms with Gasteiger partial charge in [-0.2, -0.15) is 0 Å². The van der Waals surface area contributed by atoms with Crippen LogP contribution in [0, 0.1) is 0 Å². The van der Waals surface area contributed by atoms with E-state index in [2.05, 4.69) is 0 Å². The summed E-state index contributed by atoms with van der Waals surface area (Å²) < 4.78 is 11.2. The minimum Gasteiger partial charge on any atom is -0.490 e. The Morgan fingerprint density at radius 3 is 2.44 bits per heavy atom. The van der Waals surface area contributed by atoms with Crippen molar-refractivity contribution in [2.75, 3.05) is 18.1 Å². The number of para-hydroxylation sites is 1. The number of hydrogen-bond donors (Lipinski definition) is 0. The monoisotopic (exact) mass is 405 g/mol. The lowest BCUT2D eigenvalue weighted by Gasteiger charge is -2.16. The van der Waals surface area contributed by atoms with Gasteiger partial charge in [0.2, 0.25) is 5.91 Å². The van der Waals surface area contributed by atoms with Crippen LogP contribution in [0.1, 0.15) is 19.4 Å². The average Bonchev–Trinajstić information content (AvgIpc) is 2.92. The second-order valence-electron chi connectivity index (χ2n) is 5.85. The Balaban J connectivity index is 1.80. The maximum Gasteiger partial charge on any atom is 0.293 e. The number of halogens is 1. The van der Waals surface area contributed by atoms with Gasteiger partial charge in [0.25, 0.3) is 5.24 Å². The van der Waals surface area contributed by atoms with Crippen LogP contribution in [0.2, 0.25) is 5.02 Å². The van der Waals surface area contributed by atoms with Crippen molar-refractivity contribution in [2.24, 2.45) is 0 Å². The molecule has 1 heterocycles. The number of thioether (sulfide) groups is 1. The third-order valence-corrected chi connectivity index (χ3v) is 5.40. The van der Waals surface area contributed by atoms with E-state index in [4.69, 9.17) is 21.1 Å². The van der Waals surface area contributed by atoms with E-state index in [0.717, 1.165) is 22.2 Å². The second kappa shape index (κ2) is 8.67. The van der Waals surface area contributed by atoms with Crippen molar-refractivity contribution in [3.8, 4) is 11.5 Å². The minimum absolute atomic E-state index is 0.259. The van der Waals surface area contributed by atoms with E-state index in [1.165, 1.54) is 0 Å². The van der Waals surface area contributed by atoms with E-state index in [1.54, 1.807) is 24.3 Å². The molecule has 27 heavy (non-hydrogen) atoms. The number of ether oxygens (including phenoxy) is 2. The summed E-state index contributed by atoms with van der Waals surface area (Å²) in [6.45, 7) is 4.86. The van der Waals surface area contributed by atoms with Crippen LogP contribution in [0.25, 0.3) is 0 Å². The number of nitrogens with zero attached hydrogens (tertiary/aromatic N) is 1. The molecule has 1 aliphatic rings. The van der Waals surface area contributed by atoms with Crippen molar-refractivity contribution in [3.05, 3.63) is 53.1 Å². The summed E-state index contributed by atoms with van der Waals surface area (Å²) in [7, 11) is 0. The predicted octanol–water partition coefficient (Wildman–Crippen LogP) is 4.95. The maximum absolute atomic E-state index is 12.8. The minimum atomic E-state index is -0.499. The first-order valence-electron chi connectivity index (χ1n) is 8.72. The normalized spacial score (nSPS) is 16.7. The summed E-state index contributed by atoms with van der Waals surface area (Å²) >= 11 is 7.18. The molecule has 0 aliphatic carbocycles. The van der Waals surface area contributed by atoms with E-state index in [-0.39, 0.29) is 11.1 Å². The van der Waals surface area contributed by atoms with Gasteiger partial charge < -0.3 is 9.47 Å². The fourth-order valence-corrected chi connectivity index (χ4v) is 4.11. The summed E-state index contributed by atoms with van der Waals surface area (Å²) in [5.41, 5.74) is 1.33. The summed E-state index contributed by atoms with van der Waals surface area (Å²) in [6.07, 6.45) is 0.419. The van der Waals surface area contributed by atoms with Crippen LogP contribution < -0.4 is 14.4 Å². The molecule has 0 radical (unpaired) electrons. The Hall–Kier alpha value is -2.18. The first kappa shape index (κ1) is 19.6. The number of amides is 2. The van der Waals surface area contributed by atoms with Crippen LogP contribution in [0.5, 0.6) is 11.5 Å². The van der Waals surface area contributed by atoms with Crippen LogP contribution in [0.15, 0.2) is 42.5 Å². The van der Waals surface area contributed by atoms with Crippen LogP contribution in [0.4, 0.5) is 10.5 Å². The van der Waals surface area contributed by atoms with Crippen molar-refractivity contribution in [1.29, 1.82) is 0 Å². The fraction of sp³-hybridized carbons (Fsp3) is 0.300. The lowest BCUT2D eigenvalue weighted by molar-refractivity contribution is -0.117. The first-order valence-corrected chi connectivity index (χ1v) is 9.98. The highest BCUT2D eigenvalue weighted by Crippen LogP contribution is 2.37. The van der Waals surface area contributed by atoms with Gasteiger partial charge in [0.15, 0.2) is 11.5 Å². The molecule has 0 unspecified atom stereocenters. The van der Waals surface area contributed by atoms with Gasteiger partial charge >= 0.3 is 0 Å². The van der Waals surface area contributed by atoms with Crippen molar-refractivity contribution in [2.45, 2.75) is 25.5 Å². The molecule has 0 aromatic heterocycles. The highest BCUT2D eigenvalue weighted by molar-refractivity contribution is 8.15. The molecule has 5 nitrogen and oxygen atoms in total. The lowest BCUT2D eigenvalue weighted by atomic mass is 10.1. The first-order chi connectivity index (χ1) is 13.0. The van der Waals surface area contributed by atoms with Gasteiger partial charge in [0.1, 0.15) is 0 Å². The van der Waals surface area contributed by atoms with Crippen LogP contribution in [-0.2, 0) is 11.2 Å². The topological polar surface area (TPSA) is 55.8 Å². The predicted molar refractivity (Wildman–Crippen MR) is 108 cm³/mol. The highest BCUT2D eigenvalue weighted by Gasteiger charge is 2.41.